The topological polar surface area (TPSA) is 57.6 Å². The first-order valence-corrected chi connectivity index (χ1v) is 12.9. The maximum absolute atomic E-state index is 9.19. The lowest BCUT2D eigenvalue weighted by molar-refractivity contribution is 0.310. The van der Waals surface area contributed by atoms with E-state index in [4.69, 9.17) is 4.55 Å². The highest BCUT2D eigenvalue weighted by Crippen LogP contribution is 2.22. The van der Waals surface area contributed by atoms with Crippen LogP contribution in [0.15, 0.2) is 0 Å². The fourth-order valence-corrected chi connectivity index (χ4v) is 3.67. The largest absolute Gasteiger partial charge is 0.303 e. The van der Waals surface area contributed by atoms with E-state index in [-0.39, 0.29) is 0 Å². The lowest BCUT2D eigenvalue weighted by Gasteiger charge is -2.15. The van der Waals surface area contributed by atoms with Gasteiger partial charge >= 0.3 is 0 Å². The van der Waals surface area contributed by atoms with Gasteiger partial charge in [-0.2, -0.15) is 8.42 Å². The average molecular weight is 392 g/mol. The van der Waals surface area contributed by atoms with E-state index >= 15 is 0 Å². The van der Waals surface area contributed by atoms with Gasteiger partial charge in [-0.1, -0.05) is 84.5 Å². The molecule has 0 spiro atoms. The fourth-order valence-electron chi connectivity index (χ4n) is 3.67. The number of unbranched alkanes of at least 4 members (excludes halogenated alkanes) is 10. The monoisotopic (exact) mass is 391 g/mol. The third-order valence-corrected chi connectivity index (χ3v) is 5.16. The second-order valence-electron chi connectivity index (χ2n) is 8.01. The van der Waals surface area contributed by atoms with Crippen LogP contribution in [0.2, 0.25) is 0 Å². The summed E-state index contributed by atoms with van der Waals surface area (Å²) in [6.07, 6.45) is 21.0. The first-order chi connectivity index (χ1) is 12.4. The van der Waals surface area contributed by atoms with Crippen molar-refractivity contribution in [2.75, 3.05) is 25.9 Å². The van der Waals surface area contributed by atoms with Gasteiger partial charge in [0.2, 0.25) is 0 Å². The van der Waals surface area contributed by atoms with Crippen LogP contribution in [-0.4, -0.2) is 43.8 Å². The smallest absolute Gasteiger partial charge is 0.261 e. The van der Waals surface area contributed by atoms with Gasteiger partial charge in [0.25, 0.3) is 10.1 Å². The standard InChI is InChI=1S/C20H41N.CH4O3S/c1-3-5-7-8-9-10-11-12-13-14-17-21-18-16-20(19-21)15-6-4-2;1-5(2,3)4/h20H,3-19H2,1-2H3;1H3,(H,2,3,4). The summed E-state index contributed by atoms with van der Waals surface area (Å²) in [4.78, 5) is 2.73. The van der Waals surface area contributed by atoms with E-state index in [1.165, 1.54) is 110 Å². The molecule has 4 nitrogen and oxygen atoms in total. The molecule has 1 aliphatic rings. The molecule has 1 aliphatic heterocycles. The third kappa shape index (κ3) is 20.2. The quantitative estimate of drug-likeness (QED) is 0.295. The van der Waals surface area contributed by atoms with Gasteiger partial charge in [-0.15, -0.1) is 0 Å². The van der Waals surface area contributed by atoms with Crippen molar-refractivity contribution in [2.24, 2.45) is 5.92 Å². The van der Waals surface area contributed by atoms with Crippen LogP contribution in [0.5, 0.6) is 0 Å². The summed E-state index contributed by atoms with van der Waals surface area (Å²) in [5.74, 6) is 1.02. The zero-order valence-corrected chi connectivity index (χ0v) is 18.5. The number of nitrogens with zero attached hydrogens (tertiary/aromatic N) is 1. The summed E-state index contributed by atoms with van der Waals surface area (Å²) in [7, 11) is -3.67. The Labute approximate surface area is 163 Å². The summed E-state index contributed by atoms with van der Waals surface area (Å²) in [5, 5.41) is 0. The lowest BCUT2D eigenvalue weighted by atomic mass is 10.0. The summed E-state index contributed by atoms with van der Waals surface area (Å²) in [6.45, 7) is 8.77. The van der Waals surface area contributed by atoms with Crippen molar-refractivity contribution in [3.8, 4) is 0 Å². The Kier molecular flexibility index (Phi) is 16.9. The Bertz CT molecular complexity index is 390. The molecule has 1 saturated heterocycles. The highest BCUT2D eigenvalue weighted by molar-refractivity contribution is 7.85. The van der Waals surface area contributed by atoms with E-state index < -0.39 is 10.1 Å². The minimum Gasteiger partial charge on any atom is -0.303 e. The first kappa shape index (κ1) is 25.9. The molecular weight excluding hydrogens is 346 g/mol. The first-order valence-electron chi connectivity index (χ1n) is 11.0. The summed E-state index contributed by atoms with van der Waals surface area (Å²) >= 11 is 0. The number of rotatable bonds is 14. The van der Waals surface area contributed by atoms with Crippen LogP contribution in [-0.2, 0) is 10.1 Å². The van der Waals surface area contributed by atoms with E-state index in [0.29, 0.717) is 6.26 Å². The minimum absolute atomic E-state index is 0.715. The number of hydrogen-bond acceptors (Lipinski definition) is 3. The van der Waals surface area contributed by atoms with E-state index in [1.807, 2.05) is 0 Å². The van der Waals surface area contributed by atoms with Crippen LogP contribution < -0.4 is 0 Å². The minimum atomic E-state index is -3.67. The Morgan fingerprint density at radius 2 is 1.31 bits per heavy atom. The molecule has 0 aromatic heterocycles. The molecular formula is C21H45NO3S. The normalized spacial score (nSPS) is 17.9. The molecule has 1 unspecified atom stereocenters. The Hall–Kier alpha value is -0.130. The summed E-state index contributed by atoms with van der Waals surface area (Å²) < 4.78 is 25.9. The highest BCUT2D eigenvalue weighted by atomic mass is 32.2. The third-order valence-electron chi connectivity index (χ3n) is 5.16. The zero-order chi connectivity index (χ0) is 19.7. The van der Waals surface area contributed by atoms with Crippen molar-refractivity contribution in [2.45, 2.75) is 104 Å². The van der Waals surface area contributed by atoms with Gasteiger partial charge in [-0.05, 0) is 38.3 Å². The van der Waals surface area contributed by atoms with E-state index in [0.717, 1.165) is 5.92 Å². The predicted molar refractivity (Wildman–Crippen MR) is 113 cm³/mol. The van der Waals surface area contributed by atoms with Crippen molar-refractivity contribution in [1.82, 2.24) is 4.90 Å². The molecule has 1 heterocycles. The van der Waals surface area contributed by atoms with Crippen molar-refractivity contribution in [3.63, 3.8) is 0 Å². The van der Waals surface area contributed by atoms with Crippen LogP contribution in [0.3, 0.4) is 0 Å². The van der Waals surface area contributed by atoms with Gasteiger partial charge in [-0.3, -0.25) is 4.55 Å². The van der Waals surface area contributed by atoms with Gasteiger partial charge in [0.1, 0.15) is 0 Å². The van der Waals surface area contributed by atoms with E-state index in [9.17, 15) is 8.42 Å². The van der Waals surface area contributed by atoms with E-state index in [2.05, 4.69) is 18.7 Å². The van der Waals surface area contributed by atoms with Crippen molar-refractivity contribution >= 4 is 10.1 Å². The Morgan fingerprint density at radius 3 is 1.81 bits per heavy atom. The SMILES string of the molecule is CCCCCCCCCCCCN1CCC(CCCC)C1.CS(=O)(=O)O. The van der Waals surface area contributed by atoms with Crippen LogP contribution >= 0.6 is 0 Å². The molecule has 1 rings (SSSR count). The second kappa shape index (κ2) is 17.0. The maximum atomic E-state index is 9.19. The molecule has 0 bridgehead atoms. The maximum Gasteiger partial charge on any atom is 0.261 e. The van der Waals surface area contributed by atoms with Crippen LogP contribution in [0.25, 0.3) is 0 Å². The van der Waals surface area contributed by atoms with Crippen molar-refractivity contribution < 1.29 is 13.0 Å². The molecule has 0 aromatic carbocycles. The average Bonchev–Trinajstić information content (AvgIpc) is 3.01. The van der Waals surface area contributed by atoms with Gasteiger partial charge < -0.3 is 4.90 Å². The summed E-state index contributed by atoms with van der Waals surface area (Å²) in [5.41, 5.74) is 0. The molecule has 158 valence electrons. The van der Waals surface area contributed by atoms with Gasteiger partial charge in [0, 0.05) is 6.54 Å². The molecule has 0 amide bonds. The zero-order valence-electron chi connectivity index (χ0n) is 17.7. The van der Waals surface area contributed by atoms with Gasteiger partial charge in [0.05, 0.1) is 6.26 Å². The van der Waals surface area contributed by atoms with Crippen LogP contribution in [0.1, 0.15) is 104 Å². The fraction of sp³-hybridized carbons (Fsp3) is 1.00. The molecule has 0 aliphatic carbocycles. The lowest BCUT2D eigenvalue weighted by Crippen LogP contribution is -2.21. The van der Waals surface area contributed by atoms with Crippen LogP contribution in [0.4, 0.5) is 0 Å². The highest BCUT2D eigenvalue weighted by Gasteiger charge is 2.20. The van der Waals surface area contributed by atoms with E-state index in [1.54, 1.807) is 0 Å². The number of likely N-dealkylation sites (tertiary alicyclic amines) is 1. The predicted octanol–water partition coefficient (Wildman–Crippen LogP) is 5.92. The molecule has 1 fully saturated rings. The van der Waals surface area contributed by atoms with Gasteiger partial charge in [0.15, 0.2) is 0 Å². The van der Waals surface area contributed by atoms with Crippen LogP contribution in [0, 0.1) is 5.92 Å². The molecule has 0 saturated carbocycles. The second-order valence-corrected chi connectivity index (χ2v) is 9.48. The molecule has 26 heavy (non-hydrogen) atoms. The molecule has 0 radical (unpaired) electrons. The summed E-state index contributed by atoms with van der Waals surface area (Å²) in [6, 6.07) is 0. The molecule has 1 atom stereocenters. The Morgan fingerprint density at radius 1 is 0.846 bits per heavy atom. The van der Waals surface area contributed by atoms with Crippen molar-refractivity contribution in [1.29, 1.82) is 0 Å². The molecule has 1 N–H and O–H groups in total. The molecule has 0 aromatic rings. The molecule has 5 heteroatoms. The Balaban J connectivity index is 0.00000110. The van der Waals surface area contributed by atoms with Gasteiger partial charge in [-0.25, -0.2) is 0 Å². The van der Waals surface area contributed by atoms with Crippen molar-refractivity contribution in [3.05, 3.63) is 0 Å². The number of hydrogen-bond donors (Lipinski definition) is 1.